The molecule has 66 valence electrons. The molecule has 0 saturated carbocycles. The van der Waals surface area contributed by atoms with Crippen molar-refractivity contribution in [3.8, 4) is 11.4 Å². The largest absolute Gasteiger partial charge is 0.286 e. The van der Waals surface area contributed by atoms with Crippen LogP contribution in [0.1, 0.15) is 6.92 Å². The van der Waals surface area contributed by atoms with Gasteiger partial charge in [-0.15, -0.1) is 0 Å². The first-order chi connectivity index (χ1) is 6.42. The van der Waals surface area contributed by atoms with Crippen LogP contribution in [0.25, 0.3) is 11.4 Å². The monoisotopic (exact) mass is 173 g/mol. The second-order valence-electron chi connectivity index (χ2n) is 2.96. The van der Waals surface area contributed by atoms with Crippen molar-refractivity contribution in [2.75, 3.05) is 0 Å². The fourth-order valence-corrected chi connectivity index (χ4v) is 1.47. The number of aromatic nitrogens is 2. The Bertz CT molecular complexity index is 376. The highest BCUT2D eigenvalue weighted by Gasteiger charge is 2.09. The van der Waals surface area contributed by atoms with Gasteiger partial charge in [0.1, 0.15) is 12.4 Å². The molecule has 13 heavy (non-hydrogen) atoms. The van der Waals surface area contributed by atoms with Crippen molar-refractivity contribution in [1.29, 1.82) is 0 Å². The van der Waals surface area contributed by atoms with Gasteiger partial charge in [0.15, 0.2) is 0 Å². The SMILES string of the molecule is CC[n+]1cc[nH]c1-c1ccccc1. The van der Waals surface area contributed by atoms with Gasteiger partial charge in [-0.05, 0) is 19.1 Å². The third-order valence-corrected chi connectivity index (χ3v) is 2.15. The molecule has 2 nitrogen and oxygen atoms in total. The third-order valence-electron chi connectivity index (χ3n) is 2.15. The molecule has 0 bridgehead atoms. The van der Waals surface area contributed by atoms with Gasteiger partial charge in [-0.2, -0.15) is 0 Å². The van der Waals surface area contributed by atoms with Gasteiger partial charge in [-0.1, -0.05) is 18.2 Å². The predicted octanol–water partition coefficient (Wildman–Crippen LogP) is 1.99. The van der Waals surface area contributed by atoms with E-state index in [1.807, 2.05) is 12.3 Å². The van der Waals surface area contributed by atoms with Crippen LogP contribution in [0.3, 0.4) is 0 Å². The van der Waals surface area contributed by atoms with Gasteiger partial charge in [0.25, 0.3) is 5.82 Å². The maximum atomic E-state index is 3.24. The number of H-pyrrole nitrogens is 1. The number of hydrogen-bond acceptors (Lipinski definition) is 0. The maximum Gasteiger partial charge on any atom is 0.286 e. The van der Waals surface area contributed by atoms with Gasteiger partial charge >= 0.3 is 0 Å². The van der Waals surface area contributed by atoms with E-state index in [1.54, 1.807) is 0 Å². The van der Waals surface area contributed by atoms with Crippen molar-refractivity contribution in [3.05, 3.63) is 42.7 Å². The predicted molar refractivity (Wildman–Crippen MR) is 52.1 cm³/mol. The van der Waals surface area contributed by atoms with Gasteiger partial charge in [-0.3, -0.25) is 0 Å². The summed E-state index contributed by atoms with van der Waals surface area (Å²) in [5.74, 6) is 1.17. The fraction of sp³-hybridized carbons (Fsp3) is 0.182. The lowest BCUT2D eigenvalue weighted by Gasteiger charge is -1.96. The van der Waals surface area contributed by atoms with Crippen molar-refractivity contribution in [1.82, 2.24) is 4.98 Å². The van der Waals surface area contributed by atoms with Crippen LogP contribution in [0.2, 0.25) is 0 Å². The summed E-state index contributed by atoms with van der Waals surface area (Å²) in [7, 11) is 0. The molecule has 2 rings (SSSR count). The van der Waals surface area contributed by atoms with E-state index in [9.17, 15) is 0 Å². The summed E-state index contributed by atoms with van der Waals surface area (Å²) in [6, 6.07) is 10.4. The lowest BCUT2D eigenvalue weighted by Crippen LogP contribution is -2.32. The minimum absolute atomic E-state index is 0.994. The lowest BCUT2D eigenvalue weighted by molar-refractivity contribution is -0.681. The van der Waals surface area contributed by atoms with Crippen molar-refractivity contribution in [2.24, 2.45) is 0 Å². The smallest absolute Gasteiger partial charge is 0.243 e. The van der Waals surface area contributed by atoms with E-state index in [0.29, 0.717) is 0 Å². The second kappa shape index (κ2) is 3.44. The average Bonchev–Trinajstić information content (AvgIpc) is 2.67. The molecular weight excluding hydrogens is 160 g/mol. The van der Waals surface area contributed by atoms with Crippen molar-refractivity contribution < 1.29 is 4.57 Å². The van der Waals surface area contributed by atoms with E-state index < -0.39 is 0 Å². The number of benzene rings is 1. The summed E-state index contributed by atoms with van der Waals surface area (Å²) in [6.45, 7) is 3.13. The minimum atomic E-state index is 0.994. The molecule has 1 aromatic carbocycles. The molecule has 0 unspecified atom stereocenters. The maximum absolute atomic E-state index is 3.24. The Kier molecular flexibility index (Phi) is 2.13. The standard InChI is InChI=1S/C11H12N2/c1-2-13-9-8-12-11(13)10-6-4-3-5-7-10/h3-9H,2H2,1H3/p+1. The van der Waals surface area contributed by atoms with Gasteiger partial charge < -0.3 is 0 Å². The Morgan fingerprint density at radius 2 is 2.00 bits per heavy atom. The Labute approximate surface area is 77.9 Å². The quantitative estimate of drug-likeness (QED) is 0.670. The number of aryl methyl sites for hydroxylation is 1. The molecule has 1 heterocycles. The molecule has 1 N–H and O–H groups in total. The molecule has 0 amide bonds. The number of rotatable bonds is 2. The number of imidazole rings is 1. The Hall–Kier alpha value is -1.57. The van der Waals surface area contributed by atoms with Crippen LogP contribution in [0.4, 0.5) is 0 Å². The molecule has 0 aliphatic heterocycles. The Balaban J connectivity index is 2.47. The molecular formula is C11H13N2+. The van der Waals surface area contributed by atoms with Crippen LogP contribution in [0, 0.1) is 0 Å². The van der Waals surface area contributed by atoms with Crippen molar-refractivity contribution in [3.63, 3.8) is 0 Å². The average molecular weight is 173 g/mol. The molecule has 1 aromatic heterocycles. The summed E-state index contributed by atoms with van der Waals surface area (Å²) in [6.07, 6.45) is 4.02. The Morgan fingerprint density at radius 3 is 2.69 bits per heavy atom. The van der Waals surface area contributed by atoms with E-state index in [0.717, 1.165) is 6.54 Å². The number of nitrogens with zero attached hydrogens (tertiary/aromatic N) is 1. The van der Waals surface area contributed by atoms with E-state index in [2.05, 4.69) is 46.9 Å². The summed E-state index contributed by atoms with van der Waals surface area (Å²) in [4.78, 5) is 3.24. The van der Waals surface area contributed by atoms with Gasteiger partial charge in [0.05, 0.1) is 12.1 Å². The van der Waals surface area contributed by atoms with E-state index in [-0.39, 0.29) is 0 Å². The van der Waals surface area contributed by atoms with Gasteiger partial charge in [0.2, 0.25) is 0 Å². The van der Waals surface area contributed by atoms with Crippen LogP contribution < -0.4 is 4.57 Å². The molecule has 0 saturated heterocycles. The van der Waals surface area contributed by atoms with E-state index in [1.165, 1.54) is 11.4 Å². The number of hydrogen-bond donors (Lipinski definition) is 1. The topological polar surface area (TPSA) is 19.7 Å². The third kappa shape index (κ3) is 1.47. The van der Waals surface area contributed by atoms with E-state index >= 15 is 0 Å². The van der Waals surface area contributed by atoms with Crippen molar-refractivity contribution >= 4 is 0 Å². The summed E-state index contributed by atoms with van der Waals surface area (Å²) >= 11 is 0. The highest BCUT2D eigenvalue weighted by Crippen LogP contribution is 2.11. The molecule has 2 aromatic rings. The number of aromatic amines is 1. The zero-order valence-corrected chi connectivity index (χ0v) is 7.70. The molecule has 2 heteroatoms. The summed E-state index contributed by atoms with van der Waals surface area (Å²) in [5, 5.41) is 0. The molecule has 0 radical (unpaired) electrons. The highest BCUT2D eigenvalue weighted by atomic mass is 15.0. The van der Waals surface area contributed by atoms with E-state index in [4.69, 9.17) is 0 Å². The first-order valence-electron chi connectivity index (χ1n) is 4.54. The Morgan fingerprint density at radius 1 is 1.23 bits per heavy atom. The molecule has 0 aliphatic carbocycles. The summed E-state index contributed by atoms with van der Waals surface area (Å²) < 4.78 is 2.19. The molecule has 0 spiro atoms. The van der Waals surface area contributed by atoms with Crippen LogP contribution in [-0.4, -0.2) is 4.98 Å². The van der Waals surface area contributed by atoms with Gasteiger partial charge in [0, 0.05) is 0 Å². The normalized spacial score (nSPS) is 10.2. The molecule has 0 fully saturated rings. The number of nitrogens with one attached hydrogen (secondary N) is 1. The lowest BCUT2D eigenvalue weighted by atomic mass is 10.2. The van der Waals surface area contributed by atoms with Crippen LogP contribution in [0.15, 0.2) is 42.7 Å². The minimum Gasteiger partial charge on any atom is -0.243 e. The van der Waals surface area contributed by atoms with Gasteiger partial charge in [-0.25, -0.2) is 9.55 Å². The van der Waals surface area contributed by atoms with Crippen LogP contribution >= 0.6 is 0 Å². The zero-order chi connectivity index (χ0) is 9.10. The molecule has 0 aliphatic rings. The first kappa shape index (κ1) is 8.05. The highest BCUT2D eigenvalue weighted by molar-refractivity contribution is 5.51. The zero-order valence-electron chi connectivity index (χ0n) is 7.70. The first-order valence-corrected chi connectivity index (χ1v) is 4.54. The van der Waals surface area contributed by atoms with Crippen molar-refractivity contribution in [2.45, 2.75) is 13.5 Å². The molecule has 0 atom stereocenters. The van der Waals surface area contributed by atoms with Crippen LogP contribution in [-0.2, 0) is 6.54 Å². The summed E-state index contributed by atoms with van der Waals surface area (Å²) in [5.41, 5.74) is 1.23. The second-order valence-corrected chi connectivity index (χ2v) is 2.96. The fourth-order valence-electron chi connectivity index (χ4n) is 1.47. The van der Waals surface area contributed by atoms with Crippen LogP contribution in [0.5, 0.6) is 0 Å².